The van der Waals surface area contributed by atoms with Crippen molar-refractivity contribution in [3.63, 3.8) is 0 Å². The van der Waals surface area contributed by atoms with Crippen LogP contribution >= 0.6 is 0 Å². The zero-order valence-corrected chi connectivity index (χ0v) is 11.0. The van der Waals surface area contributed by atoms with Crippen molar-refractivity contribution in [3.8, 4) is 0 Å². The van der Waals surface area contributed by atoms with Crippen molar-refractivity contribution in [1.29, 1.82) is 0 Å². The Labute approximate surface area is 98.2 Å². The molecule has 0 spiro atoms. The van der Waals surface area contributed by atoms with Gasteiger partial charge in [0.2, 0.25) is 10.0 Å². The Morgan fingerprint density at radius 2 is 1.81 bits per heavy atom. The zero-order chi connectivity index (χ0) is 12.0. The van der Waals surface area contributed by atoms with Gasteiger partial charge in [-0.2, -0.15) is 4.31 Å². The maximum absolute atomic E-state index is 12.5. The number of rotatable bonds is 2. The summed E-state index contributed by atoms with van der Waals surface area (Å²) in [6.07, 6.45) is 4.50. The third-order valence-corrected chi connectivity index (χ3v) is 6.44. The molecule has 4 nitrogen and oxygen atoms in total. The molecular formula is C11H22N2O2S. The maximum Gasteiger partial charge on any atom is 0.217 e. The van der Waals surface area contributed by atoms with Crippen molar-refractivity contribution in [2.45, 2.75) is 62.8 Å². The molecule has 1 aliphatic carbocycles. The largest absolute Gasteiger partial charge is 0.326 e. The predicted molar refractivity (Wildman–Crippen MR) is 64.6 cm³/mol. The van der Waals surface area contributed by atoms with E-state index in [4.69, 9.17) is 5.73 Å². The summed E-state index contributed by atoms with van der Waals surface area (Å²) in [4.78, 5) is 0. The molecule has 1 heterocycles. The quantitative estimate of drug-likeness (QED) is 0.792. The Morgan fingerprint density at radius 1 is 1.25 bits per heavy atom. The van der Waals surface area contributed by atoms with E-state index in [1.165, 1.54) is 0 Å². The first-order valence-electron chi connectivity index (χ1n) is 6.11. The fraction of sp³-hybridized carbons (Fsp3) is 1.00. The molecule has 1 atom stereocenters. The number of hydrogen-bond donors (Lipinski definition) is 1. The second-order valence-corrected chi connectivity index (χ2v) is 7.90. The van der Waals surface area contributed by atoms with Gasteiger partial charge in [-0.15, -0.1) is 0 Å². The van der Waals surface area contributed by atoms with Crippen LogP contribution in [0.2, 0.25) is 0 Å². The summed E-state index contributed by atoms with van der Waals surface area (Å²) in [6, 6.07) is -0.00817. The molecule has 1 saturated heterocycles. The summed E-state index contributed by atoms with van der Waals surface area (Å²) in [5.41, 5.74) is 5.59. The minimum absolute atomic E-state index is 0.00817. The second-order valence-electron chi connectivity index (χ2n) is 5.76. The molecule has 16 heavy (non-hydrogen) atoms. The zero-order valence-electron chi connectivity index (χ0n) is 10.1. The molecule has 0 aromatic carbocycles. The minimum Gasteiger partial charge on any atom is -0.326 e. The van der Waals surface area contributed by atoms with Gasteiger partial charge in [0.25, 0.3) is 0 Å². The third kappa shape index (κ3) is 2.00. The lowest BCUT2D eigenvalue weighted by Gasteiger charge is -2.32. The van der Waals surface area contributed by atoms with Gasteiger partial charge in [0, 0.05) is 18.1 Å². The maximum atomic E-state index is 12.5. The van der Waals surface area contributed by atoms with Gasteiger partial charge in [0.05, 0.1) is 5.25 Å². The Balaban J connectivity index is 2.23. The van der Waals surface area contributed by atoms with E-state index >= 15 is 0 Å². The summed E-state index contributed by atoms with van der Waals surface area (Å²) < 4.78 is 26.6. The molecule has 94 valence electrons. The molecule has 5 heteroatoms. The van der Waals surface area contributed by atoms with Crippen molar-refractivity contribution in [2.24, 2.45) is 5.73 Å². The highest BCUT2D eigenvalue weighted by atomic mass is 32.2. The smallest absolute Gasteiger partial charge is 0.217 e. The standard InChI is InChI=1S/C11H22N2O2S/c1-11(2)7-9(12)8-13(11)16(14,15)10-5-3-4-6-10/h9-10H,3-8,12H2,1-2H3. The van der Waals surface area contributed by atoms with E-state index in [0.717, 1.165) is 32.1 Å². The summed E-state index contributed by atoms with van der Waals surface area (Å²) >= 11 is 0. The van der Waals surface area contributed by atoms with Crippen LogP contribution in [0.3, 0.4) is 0 Å². The summed E-state index contributed by atoms with van der Waals surface area (Å²) in [7, 11) is -3.13. The fourth-order valence-electron chi connectivity index (χ4n) is 3.08. The molecule has 0 bridgehead atoms. The molecular weight excluding hydrogens is 224 g/mol. The summed E-state index contributed by atoms with van der Waals surface area (Å²) in [6.45, 7) is 4.45. The van der Waals surface area contributed by atoms with Crippen LogP contribution in [0.5, 0.6) is 0 Å². The van der Waals surface area contributed by atoms with Gasteiger partial charge in [-0.25, -0.2) is 8.42 Å². The molecule has 0 aromatic rings. The lowest BCUT2D eigenvalue weighted by molar-refractivity contribution is 0.288. The van der Waals surface area contributed by atoms with Gasteiger partial charge < -0.3 is 5.73 Å². The molecule has 0 amide bonds. The normalized spacial score (nSPS) is 32.3. The van der Waals surface area contributed by atoms with Crippen LogP contribution in [-0.4, -0.2) is 36.1 Å². The third-order valence-electron chi connectivity index (χ3n) is 3.87. The van der Waals surface area contributed by atoms with Crippen LogP contribution in [0.25, 0.3) is 0 Å². The molecule has 2 rings (SSSR count). The van der Waals surface area contributed by atoms with E-state index in [0.29, 0.717) is 6.54 Å². The van der Waals surface area contributed by atoms with E-state index in [1.54, 1.807) is 4.31 Å². The van der Waals surface area contributed by atoms with Crippen LogP contribution in [0.15, 0.2) is 0 Å². The minimum atomic E-state index is -3.13. The molecule has 2 fully saturated rings. The van der Waals surface area contributed by atoms with E-state index in [2.05, 4.69) is 0 Å². The van der Waals surface area contributed by atoms with E-state index in [9.17, 15) is 8.42 Å². The van der Waals surface area contributed by atoms with Crippen molar-refractivity contribution in [1.82, 2.24) is 4.31 Å². The van der Waals surface area contributed by atoms with Crippen LogP contribution < -0.4 is 5.73 Å². The summed E-state index contributed by atoms with van der Waals surface area (Å²) in [5, 5.41) is -0.155. The Morgan fingerprint density at radius 3 is 2.25 bits per heavy atom. The monoisotopic (exact) mass is 246 g/mol. The lowest BCUT2D eigenvalue weighted by atomic mass is 10.0. The van der Waals surface area contributed by atoms with Gasteiger partial charge in [0.15, 0.2) is 0 Å². The van der Waals surface area contributed by atoms with E-state index < -0.39 is 10.0 Å². The van der Waals surface area contributed by atoms with Crippen LogP contribution in [0, 0.1) is 0 Å². The average molecular weight is 246 g/mol. The highest BCUT2D eigenvalue weighted by Crippen LogP contribution is 2.36. The van der Waals surface area contributed by atoms with Gasteiger partial charge in [-0.05, 0) is 33.1 Å². The van der Waals surface area contributed by atoms with E-state index in [-0.39, 0.29) is 16.8 Å². The molecule has 1 aliphatic heterocycles. The van der Waals surface area contributed by atoms with Gasteiger partial charge in [-0.1, -0.05) is 12.8 Å². The highest BCUT2D eigenvalue weighted by Gasteiger charge is 2.46. The number of sulfonamides is 1. The van der Waals surface area contributed by atoms with Crippen molar-refractivity contribution < 1.29 is 8.42 Å². The first-order valence-corrected chi connectivity index (χ1v) is 7.61. The fourth-order valence-corrected chi connectivity index (χ4v) is 5.53. The number of hydrogen-bond acceptors (Lipinski definition) is 3. The molecule has 0 radical (unpaired) electrons. The van der Waals surface area contributed by atoms with Crippen molar-refractivity contribution in [3.05, 3.63) is 0 Å². The van der Waals surface area contributed by atoms with Gasteiger partial charge >= 0.3 is 0 Å². The SMILES string of the molecule is CC1(C)CC(N)CN1S(=O)(=O)C1CCCC1. The van der Waals surface area contributed by atoms with Crippen LogP contribution in [-0.2, 0) is 10.0 Å². The topological polar surface area (TPSA) is 63.4 Å². The highest BCUT2D eigenvalue weighted by molar-refractivity contribution is 7.89. The van der Waals surface area contributed by atoms with Gasteiger partial charge in [-0.3, -0.25) is 0 Å². The molecule has 0 aromatic heterocycles. The molecule has 1 saturated carbocycles. The van der Waals surface area contributed by atoms with Crippen molar-refractivity contribution >= 4 is 10.0 Å². The Hall–Kier alpha value is -0.130. The first kappa shape index (κ1) is 12.3. The molecule has 2 aliphatic rings. The number of nitrogens with zero attached hydrogens (tertiary/aromatic N) is 1. The predicted octanol–water partition coefficient (Wildman–Crippen LogP) is 1.07. The lowest BCUT2D eigenvalue weighted by Crippen LogP contribution is -2.46. The molecule has 2 N–H and O–H groups in total. The van der Waals surface area contributed by atoms with Crippen molar-refractivity contribution in [2.75, 3.05) is 6.54 Å². The summed E-state index contributed by atoms with van der Waals surface area (Å²) in [5.74, 6) is 0. The second kappa shape index (κ2) is 3.96. The van der Waals surface area contributed by atoms with E-state index in [1.807, 2.05) is 13.8 Å². The molecule has 1 unspecified atom stereocenters. The van der Waals surface area contributed by atoms with Gasteiger partial charge in [0.1, 0.15) is 0 Å². The first-order chi connectivity index (χ1) is 7.34. The Kier molecular flexibility index (Phi) is 3.05. The van der Waals surface area contributed by atoms with Crippen LogP contribution in [0.1, 0.15) is 46.0 Å². The average Bonchev–Trinajstić information content (AvgIpc) is 2.72. The van der Waals surface area contributed by atoms with Crippen LogP contribution in [0.4, 0.5) is 0 Å². The Bertz CT molecular complexity index is 358. The number of nitrogens with two attached hydrogens (primary N) is 1.